The van der Waals surface area contributed by atoms with Crippen LogP contribution < -0.4 is 0 Å². The first-order valence-corrected chi connectivity index (χ1v) is 7.01. The molecule has 5 nitrogen and oxygen atoms in total. The van der Waals surface area contributed by atoms with Gasteiger partial charge in [-0.25, -0.2) is 0 Å². The van der Waals surface area contributed by atoms with Crippen molar-refractivity contribution in [2.24, 2.45) is 0 Å². The van der Waals surface area contributed by atoms with Gasteiger partial charge in [-0.05, 0) is 31.4 Å². The molecule has 1 aliphatic rings. The van der Waals surface area contributed by atoms with Gasteiger partial charge in [0.15, 0.2) is 0 Å². The van der Waals surface area contributed by atoms with E-state index in [0.717, 1.165) is 37.1 Å². The maximum Gasteiger partial charge on any atom is 0.248 e. The summed E-state index contributed by atoms with van der Waals surface area (Å²) in [5.41, 5.74) is 2.11. The van der Waals surface area contributed by atoms with Crippen LogP contribution in [0.15, 0.2) is 28.7 Å². The largest absolute Gasteiger partial charge is 0.419 e. The standard InChI is InChI=1S/C15H19N3O2/c1-11-4-2-3-5-13(11)15-17-16-14(20-15)10-18-8-6-12(19)7-9-18/h2-5,12,19H,6-10H2,1H3. The lowest BCUT2D eigenvalue weighted by Crippen LogP contribution is -2.35. The SMILES string of the molecule is Cc1ccccc1-c1nnc(CN2CCC(O)CC2)o1. The Balaban J connectivity index is 1.70. The molecule has 0 amide bonds. The van der Waals surface area contributed by atoms with E-state index in [0.29, 0.717) is 18.3 Å². The lowest BCUT2D eigenvalue weighted by Gasteiger charge is -2.27. The summed E-state index contributed by atoms with van der Waals surface area (Å²) in [6, 6.07) is 7.99. The lowest BCUT2D eigenvalue weighted by molar-refractivity contribution is 0.0752. The molecule has 0 bridgehead atoms. The fourth-order valence-electron chi connectivity index (χ4n) is 2.51. The van der Waals surface area contributed by atoms with Gasteiger partial charge < -0.3 is 9.52 Å². The molecule has 5 heteroatoms. The molecule has 0 radical (unpaired) electrons. The molecule has 1 aromatic heterocycles. The summed E-state index contributed by atoms with van der Waals surface area (Å²) in [5, 5.41) is 17.8. The van der Waals surface area contributed by atoms with E-state index in [2.05, 4.69) is 15.1 Å². The minimum Gasteiger partial charge on any atom is -0.419 e. The van der Waals surface area contributed by atoms with E-state index in [-0.39, 0.29) is 6.10 Å². The van der Waals surface area contributed by atoms with E-state index in [1.54, 1.807) is 0 Å². The van der Waals surface area contributed by atoms with Crippen molar-refractivity contribution in [3.05, 3.63) is 35.7 Å². The predicted molar refractivity (Wildman–Crippen MR) is 75.0 cm³/mol. The first-order valence-electron chi connectivity index (χ1n) is 7.01. The second-order valence-corrected chi connectivity index (χ2v) is 5.32. The van der Waals surface area contributed by atoms with Crippen molar-refractivity contribution in [1.29, 1.82) is 0 Å². The number of rotatable bonds is 3. The number of nitrogens with zero attached hydrogens (tertiary/aromatic N) is 3. The average Bonchev–Trinajstić information content (AvgIpc) is 2.90. The average molecular weight is 273 g/mol. The van der Waals surface area contributed by atoms with Crippen molar-refractivity contribution in [3.63, 3.8) is 0 Å². The fourth-order valence-corrected chi connectivity index (χ4v) is 2.51. The zero-order valence-electron chi connectivity index (χ0n) is 11.6. The van der Waals surface area contributed by atoms with Gasteiger partial charge in [-0.1, -0.05) is 18.2 Å². The van der Waals surface area contributed by atoms with Crippen molar-refractivity contribution in [2.75, 3.05) is 13.1 Å². The van der Waals surface area contributed by atoms with E-state index in [1.165, 1.54) is 0 Å². The predicted octanol–water partition coefficient (Wildman–Crippen LogP) is 2.00. The number of aryl methyl sites for hydroxylation is 1. The van der Waals surface area contributed by atoms with Gasteiger partial charge in [0, 0.05) is 18.7 Å². The smallest absolute Gasteiger partial charge is 0.248 e. The van der Waals surface area contributed by atoms with Crippen LogP contribution in [0.5, 0.6) is 0 Å². The molecular weight excluding hydrogens is 254 g/mol. The molecule has 0 aliphatic carbocycles. The Morgan fingerprint density at radius 2 is 2.00 bits per heavy atom. The number of likely N-dealkylation sites (tertiary alicyclic amines) is 1. The fraction of sp³-hybridized carbons (Fsp3) is 0.467. The Bertz CT molecular complexity index is 574. The van der Waals surface area contributed by atoms with Crippen LogP contribution in [0.2, 0.25) is 0 Å². The molecular formula is C15H19N3O2. The third-order valence-corrected chi connectivity index (χ3v) is 3.76. The number of hydrogen-bond acceptors (Lipinski definition) is 5. The first-order chi connectivity index (χ1) is 9.72. The summed E-state index contributed by atoms with van der Waals surface area (Å²) in [6.07, 6.45) is 1.48. The Labute approximate surface area is 118 Å². The number of hydrogen-bond donors (Lipinski definition) is 1. The topological polar surface area (TPSA) is 62.4 Å². The van der Waals surface area contributed by atoms with Gasteiger partial charge in [0.05, 0.1) is 12.6 Å². The molecule has 1 aliphatic heterocycles. The molecule has 1 fully saturated rings. The summed E-state index contributed by atoms with van der Waals surface area (Å²) >= 11 is 0. The quantitative estimate of drug-likeness (QED) is 0.926. The zero-order chi connectivity index (χ0) is 13.9. The Morgan fingerprint density at radius 1 is 1.25 bits per heavy atom. The molecule has 0 saturated carbocycles. The summed E-state index contributed by atoms with van der Waals surface area (Å²) in [6.45, 7) is 4.45. The molecule has 0 atom stereocenters. The van der Waals surface area contributed by atoms with Gasteiger partial charge in [-0.15, -0.1) is 10.2 Å². The van der Waals surface area contributed by atoms with Crippen molar-refractivity contribution in [3.8, 4) is 11.5 Å². The van der Waals surface area contributed by atoms with Gasteiger partial charge in [-0.2, -0.15) is 0 Å². The molecule has 0 unspecified atom stereocenters. The van der Waals surface area contributed by atoms with Crippen molar-refractivity contribution in [1.82, 2.24) is 15.1 Å². The molecule has 20 heavy (non-hydrogen) atoms. The molecule has 1 N–H and O–H groups in total. The van der Waals surface area contributed by atoms with E-state index in [1.807, 2.05) is 31.2 Å². The Hall–Kier alpha value is -1.72. The van der Waals surface area contributed by atoms with Crippen LogP contribution in [0, 0.1) is 6.92 Å². The normalized spacial score (nSPS) is 17.5. The summed E-state index contributed by atoms with van der Waals surface area (Å²) in [7, 11) is 0. The summed E-state index contributed by atoms with van der Waals surface area (Å²) in [5.74, 6) is 1.22. The number of aliphatic hydroxyl groups excluding tert-OH is 1. The summed E-state index contributed by atoms with van der Waals surface area (Å²) < 4.78 is 5.75. The highest BCUT2D eigenvalue weighted by atomic mass is 16.4. The van der Waals surface area contributed by atoms with Crippen LogP contribution in [-0.2, 0) is 6.54 Å². The molecule has 2 heterocycles. The highest BCUT2D eigenvalue weighted by Gasteiger charge is 2.19. The summed E-state index contributed by atoms with van der Waals surface area (Å²) in [4.78, 5) is 2.24. The van der Waals surface area contributed by atoms with Crippen LogP contribution in [-0.4, -0.2) is 39.4 Å². The van der Waals surface area contributed by atoms with Crippen molar-refractivity contribution >= 4 is 0 Å². The minimum atomic E-state index is -0.156. The van der Waals surface area contributed by atoms with Crippen LogP contribution in [0.3, 0.4) is 0 Å². The van der Waals surface area contributed by atoms with Crippen molar-refractivity contribution in [2.45, 2.75) is 32.4 Å². The molecule has 106 valence electrons. The van der Waals surface area contributed by atoms with Crippen LogP contribution in [0.25, 0.3) is 11.5 Å². The lowest BCUT2D eigenvalue weighted by atomic mass is 10.1. The van der Waals surface area contributed by atoms with Gasteiger partial charge in [-0.3, -0.25) is 4.90 Å². The second kappa shape index (κ2) is 5.73. The molecule has 1 saturated heterocycles. The van der Waals surface area contributed by atoms with Gasteiger partial charge >= 0.3 is 0 Å². The number of piperidine rings is 1. The third-order valence-electron chi connectivity index (χ3n) is 3.76. The molecule has 0 spiro atoms. The van der Waals surface area contributed by atoms with Crippen LogP contribution >= 0.6 is 0 Å². The van der Waals surface area contributed by atoms with Crippen LogP contribution in [0.1, 0.15) is 24.3 Å². The molecule has 1 aromatic carbocycles. The Kier molecular flexibility index (Phi) is 3.80. The van der Waals surface area contributed by atoms with E-state index in [4.69, 9.17) is 4.42 Å². The van der Waals surface area contributed by atoms with Gasteiger partial charge in [0.2, 0.25) is 11.8 Å². The highest BCUT2D eigenvalue weighted by Crippen LogP contribution is 2.22. The molecule has 2 aromatic rings. The number of aromatic nitrogens is 2. The van der Waals surface area contributed by atoms with E-state index in [9.17, 15) is 5.11 Å². The minimum absolute atomic E-state index is 0.156. The monoisotopic (exact) mass is 273 g/mol. The highest BCUT2D eigenvalue weighted by molar-refractivity contribution is 5.57. The third kappa shape index (κ3) is 2.89. The van der Waals surface area contributed by atoms with Crippen LogP contribution in [0.4, 0.5) is 0 Å². The molecule has 3 rings (SSSR count). The first kappa shape index (κ1) is 13.3. The van der Waals surface area contributed by atoms with Gasteiger partial charge in [0.25, 0.3) is 0 Å². The van der Waals surface area contributed by atoms with E-state index < -0.39 is 0 Å². The van der Waals surface area contributed by atoms with E-state index >= 15 is 0 Å². The maximum absolute atomic E-state index is 9.50. The second-order valence-electron chi connectivity index (χ2n) is 5.32. The Morgan fingerprint density at radius 3 is 2.75 bits per heavy atom. The maximum atomic E-state index is 9.50. The van der Waals surface area contributed by atoms with Gasteiger partial charge in [0.1, 0.15) is 0 Å². The number of aliphatic hydroxyl groups is 1. The zero-order valence-corrected chi connectivity index (χ0v) is 11.6. The number of benzene rings is 1. The van der Waals surface area contributed by atoms with Crippen molar-refractivity contribution < 1.29 is 9.52 Å².